The molecule has 0 aliphatic carbocycles. The summed E-state index contributed by atoms with van der Waals surface area (Å²) >= 11 is -0.104. The molecule has 1 heterocycles. The molecule has 1 unspecified atom stereocenters. The molecule has 0 bridgehead atoms. The largest absolute Gasteiger partial charge is 0.464 e. The highest BCUT2D eigenvalue weighted by Crippen LogP contribution is 2.38. The highest BCUT2D eigenvalue weighted by molar-refractivity contribution is 8.00. The van der Waals surface area contributed by atoms with Crippen molar-refractivity contribution in [1.29, 1.82) is 0 Å². The molecule has 0 radical (unpaired) electrons. The zero-order valence-corrected chi connectivity index (χ0v) is 16.0. The molecule has 1 N–H and O–H groups in total. The van der Waals surface area contributed by atoms with E-state index in [1.54, 1.807) is 32.9 Å². The van der Waals surface area contributed by atoms with Crippen molar-refractivity contribution >= 4 is 17.7 Å². The fourth-order valence-corrected chi connectivity index (χ4v) is 3.34. The van der Waals surface area contributed by atoms with Crippen molar-refractivity contribution in [3.8, 4) is 0 Å². The Bertz CT molecular complexity index is 617. The first-order valence-electron chi connectivity index (χ1n) is 8.54. The van der Waals surface area contributed by atoms with Crippen LogP contribution in [-0.2, 0) is 9.53 Å². The van der Waals surface area contributed by atoms with E-state index >= 15 is 0 Å². The number of rotatable bonds is 5. The van der Waals surface area contributed by atoms with Crippen molar-refractivity contribution in [1.82, 2.24) is 10.2 Å². The Kier molecular flexibility index (Phi) is 6.99. The van der Waals surface area contributed by atoms with Crippen LogP contribution in [0.2, 0.25) is 0 Å². The molecule has 1 aliphatic rings. The molecule has 0 spiro atoms. The molecule has 0 amide bonds. The maximum Gasteiger partial charge on any atom is 0.446 e. The van der Waals surface area contributed by atoms with Crippen molar-refractivity contribution < 1.29 is 22.7 Å². The Morgan fingerprint density at radius 1 is 1.35 bits per heavy atom. The lowest BCUT2D eigenvalue weighted by atomic mass is 9.97. The Morgan fingerprint density at radius 2 is 2.08 bits per heavy atom. The van der Waals surface area contributed by atoms with E-state index in [-0.39, 0.29) is 35.3 Å². The van der Waals surface area contributed by atoms with Gasteiger partial charge in [-0.25, -0.2) is 0 Å². The van der Waals surface area contributed by atoms with Crippen LogP contribution in [0.4, 0.5) is 13.2 Å². The number of hydrogen-bond donors (Lipinski definition) is 1. The molecule has 1 aromatic rings. The summed E-state index contributed by atoms with van der Waals surface area (Å²) in [6.07, 6.45) is 0. The zero-order chi connectivity index (χ0) is 19.4. The van der Waals surface area contributed by atoms with E-state index in [2.05, 4.69) is 10.2 Å². The average molecular weight is 390 g/mol. The number of nitrogens with one attached hydrogen (secondary N) is 1. The van der Waals surface area contributed by atoms with Crippen molar-refractivity contribution in [2.75, 3.05) is 32.8 Å². The number of alkyl halides is 3. The third-order valence-corrected chi connectivity index (χ3v) is 4.78. The van der Waals surface area contributed by atoms with Gasteiger partial charge in [0.25, 0.3) is 0 Å². The summed E-state index contributed by atoms with van der Waals surface area (Å²) in [5.41, 5.74) is -4.02. The van der Waals surface area contributed by atoms with Gasteiger partial charge in [-0.3, -0.25) is 9.69 Å². The van der Waals surface area contributed by atoms with Gasteiger partial charge in [-0.1, -0.05) is 12.1 Å². The van der Waals surface area contributed by atoms with Crippen LogP contribution in [0.1, 0.15) is 32.4 Å². The Morgan fingerprint density at radius 3 is 2.73 bits per heavy atom. The van der Waals surface area contributed by atoms with Gasteiger partial charge in [0.05, 0.1) is 5.41 Å². The molecule has 0 aromatic heterocycles. The number of benzene rings is 1. The SMILES string of the molecule is CC(C)(C)C(=O)OCCN1CCNCC1c1cccc(SC(F)(F)F)c1. The molecule has 1 saturated heterocycles. The van der Waals surface area contributed by atoms with E-state index in [0.717, 1.165) is 18.7 Å². The highest BCUT2D eigenvalue weighted by atomic mass is 32.2. The van der Waals surface area contributed by atoms with E-state index in [1.165, 1.54) is 6.07 Å². The van der Waals surface area contributed by atoms with Crippen LogP contribution in [-0.4, -0.2) is 49.2 Å². The second-order valence-corrected chi connectivity index (χ2v) is 8.40. The van der Waals surface area contributed by atoms with Crippen molar-refractivity contribution in [3.05, 3.63) is 29.8 Å². The molecule has 8 heteroatoms. The van der Waals surface area contributed by atoms with Crippen molar-refractivity contribution in [2.24, 2.45) is 5.41 Å². The third-order valence-electron chi connectivity index (χ3n) is 4.05. The Hall–Kier alpha value is -1.25. The lowest BCUT2D eigenvalue weighted by Crippen LogP contribution is -2.47. The minimum atomic E-state index is -4.30. The fraction of sp³-hybridized carbons (Fsp3) is 0.611. The minimum Gasteiger partial charge on any atom is -0.464 e. The Balaban J connectivity index is 2.02. The molecule has 146 valence electrons. The highest BCUT2D eigenvalue weighted by Gasteiger charge is 2.30. The molecule has 1 fully saturated rings. The van der Waals surface area contributed by atoms with Gasteiger partial charge in [0, 0.05) is 37.1 Å². The predicted octanol–water partition coefficient (Wildman–Crippen LogP) is 3.83. The first kappa shape index (κ1) is 21.1. The Labute approximate surface area is 156 Å². The summed E-state index contributed by atoms with van der Waals surface area (Å²) in [5.74, 6) is -0.257. The maximum atomic E-state index is 12.6. The quantitative estimate of drug-likeness (QED) is 0.611. The monoisotopic (exact) mass is 390 g/mol. The topological polar surface area (TPSA) is 41.6 Å². The van der Waals surface area contributed by atoms with E-state index in [9.17, 15) is 18.0 Å². The summed E-state index contributed by atoms with van der Waals surface area (Å²) in [6.45, 7) is 8.39. The molecular formula is C18H25F3N2O2S. The van der Waals surface area contributed by atoms with Crippen molar-refractivity contribution in [2.45, 2.75) is 37.2 Å². The smallest absolute Gasteiger partial charge is 0.446 e. The summed E-state index contributed by atoms with van der Waals surface area (Å²) in [7, 11) is 0. The van der Waals surface area contributed by atoms with E-state index < -0.39 is 10.9 Å². The number of nitrogens with zero attached hydrogens (tertiary/aromatic N) is 1. The first-order chi connectivity index (χ1) is 12.1. The lowest BCUT2D eigenvalue weighted by molar-refractivity contribution is -0.153. The number of halogens is 3. The van der Waals surface area contributed by atoms with Gasteiger partial charge < -0.3 is 10.1 Å². The van der Waals surface area contributed by atoms with E-state index in [0.29, 0.717) is 13.1 Å². The van der Waals surface area contributed by atoms with Crippen LogP contribution >= 0.6 is 11.8 Å². The van der Waals surface area contributed by atoms with E-state index in [1.807, 2.05) is 6.07 Å². The summed E-state index contributed by atoms with van der Waals surface area (Å²) in [6, 6.07) is 6.49. The molecule has 1 aliphatic heterocycles. The number of esters is 1. The molecule has 1 atom stereocenters. The molecule has 4 nitrogen and oxygen atoms in total. The van der Waals surface area contributed by atoms with E-state index in [4.69, 9.17) is 4.74 Å². The number of carbonyl (C=O) groups is 1. The summed E-state index contributed by atoms with van der Waals surface area (Å²) in [4.78, 5) is 14.2. The second-order valence-electron chi connectivity index (χ2n) is 7.26. The van der Waals surface area contributed by atoms with Crippen LogP contribution in [0, 0.1) is 5.41 Å². The molecule has 1 aromatic carbocycles. The number of piperazine rings is 1. The molecular weight excluding hydrogens is 365 g/mol. The van der Waals surface area contributed by atoms with Crippen LogP contribution < -0.4 is 5.32 Å². The van der Waals surface area contributed by atoms with Gasteiger partial charge in [0.1, 0.15) is 6.61 Å². The first-order valence-corrected chi connectivity index (χ1v) is 9.35. The van der Waals surface area contributed by atoms with Crippen molar-refractivity contribution in [3.63, 3.8) is 0 Å². The fourth-order valence-electron chi connectivity index (χ4n) is 2.73. The van der Waals surface area contributed by atoms with Gasteiger partial charge >= 0.3 is 11.5 Å². The van der Waals surface area contributed by atoms with Gasteiger partial charge in [-0.15, -0.1) is 0 Å². The molecule has 0 saturated carbocycles. The van der Waals surface area contributed by atoms with Crippen LogP contribution in [0.15, 0.2) is 29.2 Å². The molecule has 2 rings (SSSR count). The van der Waals surface area contributed by atoms with Crippen LogP contribution in [0.3, 0.4) is 0 Å². The third kappa shape index (κ3) is 6.48. The minimum absolute atomic E-state index is 0.0501. The normalized spacial score (nSPS) is 19.4. The number of carbonyl (C=O) groups excluding carboxylic acids is 1. The summed E-state index contributed by atoms with van der Waals surface area (Å²) < 4.78 is 43.2. The van der Waals surface area contributed by atoms with Gasteiger partial charge in [0.15, 0.2) is 0 Å². The lowest BCUT2D eigenvalue weighted by Gasteiger charge is -2.36. The van der Waals surface area contributed by atoms with Gasteiger partial charge in [0.2, 0.25) is 0 Å². The number of hydrogen-bond acceptors (Lipinski definition) is 5. The predicted molar refractivity (Wildman–Crippen MR) is 96.0 cm³/mol. The van der Waals surface area contributed by atoms with Gasteiger partial charge in [-0.2, -0.15) is 13.2 Å². The summed E-state index contributed by atoms with van der Waals surface area (Å²) in [5, 5.41) is 3.28. The average Bonchev–Trinajstić information content (AvgIpc) is 2.53. The number of ether oxygens (including phenoxy) is 1. The van der Waals surface area contributed by atoms with Crippen LogP contribution in [0.25, 0.3) is 0 Å². The molecule has 26 heavy (non-hydrogen) atoms. The maximum absolute atomic E-state index is 12.6. The van der Waals surface area contributed by atoms with Gasteiger partial charge in [-0.05, 0) is 50.2 Å². The van der Waals surface area contributed by atoms with Crippen LogP contribution in [0.5, 0.6) is 0 Å². The second kappa shape index (κ2) is 8.63. The number of thioether (sulfide) groups is 1. The standard InChI is InChI=1S/C18H25F3N2O2S/c1-17(2,3)16(24)25-10-9-23-8-7-22-12-15(23)13-5-4-6-14(11-13)26-18(19,20)21/h4-6,11,15,22H,7-10,12H2,1-3H3. The zero-order valence-electron chi connectivity index (χ0n) is 15.2.